The van der Waals surface area contributed by atoms with Crippen LogP contribution in [0.15, 0.2) is 0 Å². The summed E-state index contributed by atoms with van der Waals surface area (Å²) in [5, 5.41) is 9.06. The minimum Gasteiger partial charge on any atom is -0.354 e. The molecular formula is C13H23N3O2. The normalized spacial score (nSPS) is 28.6. The Kier molecular flexibility index (Phi) is 4.99. The maximum absolute atomic E-state index is 11.8. The van der Waals surface area contributed by atoms with Gasteiger partial charge in [0.25, 0.3) is 0 Å². The molecule has 0 radical (unpaired) electrons. The van der Waals surface area contributed by atoms with Gasteiger partial charge in [-0.1, -0.05) is 0 Å². The maximum Gasteiger partial charge on any atom is 0.242 e. The third-order valence-electron chi connectivity index (χ3n) is 3.75. The van der Waals surface area contributed by atoms with Gasteiger partial charge in [0.15, 0.2) is 0 Å². The van der Waals surface area contributed by atoms with E-state index in [1.807, 2.05) is 0 Å². The van der Waals surface area contributed by atoms with Gasteiger partial charge in [0.05, 0.1) is 0 Å². The fourth-order valence-electron chi connectivity index (χ4n) is 2.65. The SMILES string of the molecule is O=C(CCC1CCCN1)NC1CCCCNC1=O. The molecular weight excluding hydrogens is 230 g/mol. The summed E-state index contributed by atoms with van der Waals surface area (Å²) in [5.41, 5.74) is 0. The van der Waals surface area contributed by atoms with Crippen molar-refractivity contribution in [2.75, 3.05) is 13.1 Å². The molecule has 2 rings (SSSR count). The molecule has 2 saturated heterocycles. The fourth-order valence-corrected chi connectivity index (χ4v) is 2.65. The molecule has 102 valence electrons. The lowest BCUT2D eigenvalue weighted by molar-refractivity contribution is -0.128. The standard InChI is InChI=1S/C13H23N3O2/c17-12(7-6-10-4-3-9-14-10)16-11-5-1-2-8-15-13(11)18/h10-11,14H,1-9H2,(H,15,18)(H,16,17). The van der Waals surface area contributed by atoms with Crippen molar-refractivity contribution in [1.82, 2.24) is 16.0 Å². The first kappa shape index (κ1) is 13.3. The topological polar surface area (TPSA) is 70.2 Å². The number of carbonyl (C=O) groups is 2. The zero-order valence-electron chi connectivity index (χ0n) is 10.8. The minimum atomic E-state index is -0.323. The highest BCUT2D eigenvalue weighted by molar-refractivity contribution is 5.87. The molecule has 2 fully saturated rings. The van der Waals surface area contributed by atoms with Crippen LogP contribution in [0.25, 0.3) is 0 Å². The Hall–Kier alpha value is -1.10. The van der Waals surface area contributed by atoms with Gasteiger partial charge in [-0.2, -0.15) is 0 Å². The van der Waals surface area contributed by atoms with Crippen LogP contribution >= 0.6 is 0 Å². The van der Waals surface area contributed by atoms with Gasteiger partial charge >= 0.3 is 0 Å². The Morgan fingerprint density at radius 3 is 2.89 bits per heavy atom. The monoisotopic (exact) mass is 253 g/mol. The molecule has 2 amide bonds. The van der Waals surface area contributed by atoms with E-state index >= 15 is 0 Å². The van der Waals surface area contributed by atoms with E-state index in [9.17, 15) is 9.59 Å². The van der Waals surface area contributed by atoms with Crippen LogP contribution in [0, 0.1) is 0 Å². The van der Waals surface area contributed by atoms with E-state index in [1.165, 1.54) is 6.42 Å². The molecule has 2 aliphatic heterocycles. The Balaban J connectivity index is 1.70. The van der Waals surface area contributed by atoms with Crippen molar-refractivity contribution in [2.24, 2.45) is 0 Å². The Labute approximate surface area is 108 Å². The van der Waals surface area contributed by atoms with Crippen molar-refractivity contribution in [3.63, 3.8) is 0 Å². The number of rotatable bonds is 4. The quantitative estimate of drug-likeness (QED) is 0.675. The van der Waals surface area contributed by atoms with Crippen molar-refractivity contribution >= 4 is 11.8 Å². The van der Waals surface area contributed by atoms with Gasteiger partial charge in [-0.25, -0.2) is 0 Å². The molecule has 2 atom stereocenters. The second-order valence-corrected chi connectivity index (χ2v) is 5.24. The highest BCUT2D eigenvalue weighted by Gasteiger charge is 2.23. The summed E-state index contributed by atoms with van der Waals surface area (Å²) in [6, 6.07) is 0.162. The van der Waals surface area contributed by atoms with Crippen LogP contribution in [-0.4, -0.2) is 37.0 Å². The number of nitrogens with one attached hydrogen (secondary N) is 3. The third-order valence-corrected chi connectivity index (χ3v) is 3.75. The van der Waals surface area contributed by atoms with E-state index in [-0.39, 0.29) is 17.9 Å². The summed E-state index contributed by atoms with van der Waals surface area (Å²) in [6.07, 6.45) is 6.52. The average molecular weight is 253 g/mol. The van der Waals surface area contributed by atoms with E-state index in [2.05, 4.69) is 16.0 Å². The average Bonchev–Trinajstić information content (AvgIpc) is 2.80. The van der Waals surface area contributed by atoms with E-state index in [0.717, 1.165) is 45.2 Å². The summed E-state index contributed by atoms with van der Waals surface area (Å²) in [4.78, 5) is 23.5. The van der Waals surface area contributed by atoms with Crippen molar-refractivity contribution < 1.29 is 9.59 Å². The van der Waals surface area contributed by atoms with Crippen LogP contribution < -0.4 is 16.0 Å². The van der Waals surface area contributed by atoms with Crippen LogP contribution in [0.3, 0.4) is 0 Å². The fraction of sp³-hybridized carbons (Fsp3) is 0.846. The molecule has 0 aromatic carbocycles. The molecule has 0 saturated carbocycles. The predicted octanol–water partition coefficient (Wildman–Crippen LogP) is 0.304. The number of amides is 2. The maximum atomic E-state index is 11.8. The molecule has 0 spiro atoms. The van der Waals surface area contributed by atoms with Crippen LogP contribution in [0.2, 0.25) is 0 Å². The van der Waals surface area contributed by atoms with E-state index in [1.54, 1.807) is 0 Å². The van der Waals surface area contributed by atoms with E-state index in [0.29, 0.717) is 12.5 Å². The second kappa shape index (κ2) is 6.73. The Bertz CT molecular complexity index is 301. The lowest BCUT2D eigenvalue weighted by atomic mass is 10.1. The van der Waals surface area contributed by atoms with Crippen LogP contribution in [0.5, 0.6) is 0 Å². The molecule has 18 heavy (non-hydrogen) atoms. The van der Waals surface area contributed by atoms with Gasteiger partial charge in [-0.3, -0.25) is 9.59 Å². The lowest BCUT2D eigenvalue weighted by Gasteiger charge is -2.16. The number of hydrogen-bond donors (Lipinski definition) is 3. The predicted molar refractivity (Wildman–Crippen MR) is 69.1 cm³/mol. The lowest BCUT2D eigenvalue weighted by Crippen LogP contribution is -2.45. The first-order valence-electron chi connectivity index (χ1n) is 7.06. The highest BCUT2D eigenvalue weighted by Crippen LogP contribution is 2.11. The molecule has 5 nitrogen and oxygen atoms in total. The van der Waals surface area contributed by atoms with Crippen molar-refractivity contribution in [3.05, 3.63) is 0 Å². The summed E-state index contributed by atoms with van der Waals surface area (Å²) < 4.78 is 0. The summed E-state index contributed by atoms with van der Waals surface area (Å²) >= 11 is 0. The van der Waals surface area contributed by atoms with Crippen LogP contribution in [0.1, 0.15) is 44.9 Å². The number of hydrogen-bond acceptors (Lipinski definition) is 3. The molecule has 0 aliphatic carbocycles. The smallest absolute Gasteiger partial charge is 0.242 e. The summed E-state index contributed by atoms with van der Waals surface area (Å²) in [7, 11) is 0. The molecule has 0 aromatic rings. The van der Waals surface area contributed by atoms with Gasteiger partial charge in [0.2, 0.25) is 11.8 Å². The first-order valence-corrected chi connectivity index (χ1v) is 7.06. The van der Waals surface area contributed by atoms with Crippen molar-refractivity contribution in [2.45, 2.75) is 57.0 Å². The zero-order chi connectivity index (χ0) is 12.8. The molecule has 0 aromatic heterocycles. The van der Waals surface area contributed by atoms with Gasteiger partial charge in [0, 0.05) is 19.0 Å². The molecule has 2 unspecified atom stereocenters. The van der Waals surface area contributed by atoms with Gasteiger partial charge < -0.3 is 16.0 Å². The molecule has 0 bridgehead atoms. The highest BCUT2D eigenvalue weighted by atomic mass is 16.2. The summed E-state index contributed by atoms with van der Waals surface area (Å²) in [6.45, 7) is 1.80. The van der Waals surface area contributed by atoms with Gasteiger partial charge in [-0.05, 0) is 45.1 Å². The minimum absolute atomic E-state index is 0.00532. The van der Waals surface area contributed by atoms with Gasteiger partial charge in [-0.15, -0.1) is 0 Å². The molecule has 2 aliphatic rings. The van der Waals surface area contributed by atoms with Crippen LogP contribution in [-0.2, 0) is 9.59 Å². The molecule has 5 heteroatoms. The Morgan fingerprint density at radius 1 is 1.22 bits per heavy atom. The zero-order valence-corrected chi connectivity index (χ0v) is 10.8. The molecule has 3 N–H and O–H groups in total. The Morgan fingerprint density at radius 2 is 2.11 bits per heavy atom. The molecule has 2 heterocycles. The van der Waals surface area contributed by atoms with Gasteiger partial charge in [0.1, 0.15) is 6.04 Å². The second-order valence-electron chi connectivity index (χ2n) is 5.24. The van der Waals surface area contributed by atoms with E-state index in [4.69, 9.17) is 0 Å². The largest absolute Gasteiger partial charge is 0.354 e. The van der Waals surface area contributed by atoms with Crippen LogP contribution in [0.4, 0.5) is 0 Å². The number of carbonyl (C=O) groups excluding carboxylic acids is 2. The van der Waals surface area contributed by atoms with Crippen molar-refractivity contribution in [1.29, 1.82) is 0 Å². The summed E-state index contributed by atoms with van der Waals surface area (Å²) in [5.74, 6) is -0.0226. The van der Waals surface area contributed by atoms with Crippen molar-refractivity contribution in [3.8, 4) is 0 Å². The van der Waals surface area contributed by atoms with E-state index < -0.39 is 0 Å². The third kappa shape index (κ3) is 3.98. The first-order chi connectivity index (χ1) is 8.75.